The number of hydrogen-bond donors (Lipinski definition) is 1. The molecule has 0 aliphatic rings. The van der Waals surface area contributed by atoms with Crippen LogP contribution < -0.4 is 5.32 Å². The standard InChI is InChI=1S/C20H14FN3O2S/c1-12-2-4-14(5-3-12)17(25)19(26)23-18-16(13-6-8-15(21)9-7-13)22-20-24(18)10-11-27-20/h2-11H,1H3,(H,23,26). The molecule has 0 aliphatic carbocycles. The Bertz CT molecular complexity index is 1140. The number of rotatable bonds is 4. The van der Waals surface area contributed by atoms with Gasteiger partial charge in [-0.15, -0.1) is 11.3 Å². The maximum Gasteiger partial charge on any atom is 0.297 e. The summed E-state index contributed by atoms with van der Waals surface area (Å²) < 4.78 is 14.9. The summed E-state index contributed by atoms with van der Waals surface area (Å²) in [6.45, 7) is 1.91. The van der Waals surface area contributed by atoms with Gasteiger partial charge in [-0.1, -0.05) is 29.8 Å². The Morgan fingerprint density at radius 2 is 1.78 bits per heavy atom. The van der Waals surface area contributed by atoms with E-state index < -0.39 is 11.7 Å². The zero-order valence-corrected chi connectivity index (χ0v) is 15.1. The van der Waals surface area contributed by atoms with Gasteiger partial charge in [-0.2, -0.15) is 0 Å². The van der Waals surface area contributed by atoms with Crippen LogP contribution >= 0.6 is 11.3 Å². The number of Topliss-reactive ketones (excluding diaryl/α,β-unsaturated/α-hetero) is 1. The van der Waals surface area contributed by atoms with E-state index >= 15 is 0 Å². The topological polar surface area (TPSA) is 63.5 Å². The molecule has 2 aromatic carbocycles. The smallest absolute Gasteiger partial charge is 0.297 e. The number of carbonyl (C=O) groups is 2. The molecule has 1 amide bonds. The van der Waals surface area contributed by atoms with Crippen LogP contribution in [0.2, 0.25) is 0 Å². The van der Waals surface area contributed by atoms with Gasteiger partial charge >= 0.3 is 0 Å². The Hall–Kier alpha value is -3.32. The van der Waals surface area contributed by atoms with Crippen molar-refractivity contribution in [1.29, 1.82) is 0 Å². The number of ketones is 1. The molecule has 0 atom stereocenters. The minimum Gasteiger partial charge on any atom is -0.303 e. The molecule has 0 unspecified atom stereocenters. The number of hydrogen-bond acceptors (Lipinski definition) is 4. The number of imidazole rings is 1. The van der Waals surface area contributed by atoms with E-state index in [1.807, 2.05) is 12.3 Å². The average Bonchev–Trinajstić information content (AvgIpc) is 3.25. The highest BCUT2D eigenvalue weighted by atomic mass is 32.1. The Morgan fingerprint density at radius 3 is 2.48 bits per heavy atom. The highest BCUT2D eigenvalue weighted by Gasteiger charge is 2.22. The monoisotopic (exact) mass is 379 g/mol. The Labute approximate surface area is 158 Å². The maximum absolute atomic E-state index is 13.2. The fourth-order valence-corrected chi connectivity index (χ4v) is 3.43. The van der Waals surface area contributed by atoms with Crippen molar-refractivity contribution < 1.29 is 14.0 Å². The first kappa shape index (κ1) is 17.1. The minimum atomic E-state index is -0.754. The van der Waals surface area contributed by atoms with E-state index in [0.717, 1.165) is 5.56 Å². The number of nitrogens with zero attached hydrogens (tertiary/aromatic N) is 2. The highest BCUT2D eigenvalue weighted by Crippen LogP contribution is 2.31. The third-order valence-corrected chi connectivity index (χ3v) is 4.89. The number of fused-ring (bicyclic) bond motifs is 1. The zero-order valence-electron chi connectivity index (χ0n) is 14.3. The van der Waals surface area contributed by atoms with Crippen LogP contribution in [0.15, 0.2) is 60.1 Å². The summed E-state index contributed by atoms with van der Waals surface area (Å²) in [5.74, 6) is -1.37. The quantitative estimate of drug-likeness (QED) is 0.424. The molecule has 2 aromatic heterocycles. The predicted molar refractivity (Wildman–Crippen MR) is 103 cm³/mol. The lowest BCUT2D eigenvalue weighted by molar-refractivity contribution is -0.112. The zero-order chi connectivity index (χ0) is 19.0. The van der Waals surface area contributed by atoms with E-state index in [1.165, 1.54) is 23.5 Å². The molecular weight excluding hydrogens is 365 g/mol. The number of amides is 1. The van der Waals surface area contributed by atoms with Gasteiger partial charge in [0.2, 0.25) is 0 Å². The van der Waals surface area contributed by atoms with Crippen molar-refractivity contribution in [3.63, 3.8) is 0 Å². The SMILES string of the molecule is Cc1ccc(C(=O)C(=O)Nc2c(-c3ccc(F)cc3)nc3sccn23)cc1. The fourth-order valence-electron chi connectivity index (χ4n) is 2.71. The van der Waals surface area contributed by atoms with Crippen molar-refractivity contribution in [3.8, 4) is 11.3 Å². The molecule has 0 radical (unpaired) electrons. The molecule has 1 N–H and O–H groups in total. The van der Waals surface area contributed by atoms with E-state index in [1.54, 1.807) is 47.0 Å². The van der Waals surface area contributed by atoms with Crippen LogP contribution in [0.1, 0.15) is 15.9 Å². The second kappa shape index (κ2) is 6.77. The van der Waals surface area contributed by atoms with Gasteiger partial charge in [0.15, 0.2) is 4.96 Å². The summed E-state index contributed by atoms with van der Waals surface area (Å²) in [6.07, 6.45) is 1.76. The number of carbonyl (C=O) groups excluding carboxylic acids is 2. The van der Waals surface area contributed by atoms with E-state index in [-0.39, 0.29) is 5.82 Å². The van der Waals surface area contributed by atoms with Crippen LogP contribution in [-0.2, 0) is 4.79 Å². The van der Waals surface area contributed by atoms with Crippen molar-refractivity contribution >= 4 is 33.8 Å². The highest BCUT2D eigenvalue weighted by molar-refractivity contribution is 7.15. The van der Waals surface area contributed by atoms with Crippen molar-refractivity contribution in [1.82, 2.24) is 9.38 Å². The molecule has 27 heavy (non-hydrogen) atoms. The number of aryl methyl sites for hydroxylation is 1. The van der Waals surface area contributed by atoms with Crippen LogP contribution in [0.25, 0.3) is 16.2 Å². The summed E-state index contributed by atoms with van der Waals surface area (Å²) in [7, 11) is 0. The number of aromatic nitrogens is 2. The van der Waals surface area contributed by atoms with Gasteiger partial charge in [-0.05, 0) is 31.2 Å². The average molecular weight is 379 g/mol. The van der Waals surface area contributed by atoms with E-state index in [4.69, 9.17) is 0 Å². The lowest BCUT2D eigenvalue weighted by atomic mass is 10.1. The fraction of sp³-hybridized carbons (Fsp3) is 0.0500. The first-order chi connectivity index (χ1) is 13.0. The molecule has 0 spiro atoms. The van der Waals surface area contributed by atoms with Crippen LogP contribution in [0.5, 0.6) is 0 Å². The molecule has 0 bridgehead atoms. The van der Waals surface area contributed by atoms with Gasteiger partial charge in [-0.3, -0.25) is 14.0 Å². The summed E-state index contributed by atoms with van der Waals surface area (Å²) in [6, 6.07) is 12.6. The molecule has 5 nitrogen and oxygen atoms in total. The Balaban J connectivity index is 1.70. The molecule has 7 heteroatoms. The number of nitrogens with one attached hydrogen (secondary N) is 1. The molecule has 4 rings (SSSR count). The van der Waals surface area contributed by atoms with Gasteiger partial charge in [0.05, 0.1) is 0 Å². The molecule has 0 saturated heterocycles. The first-order valence-corrected chi connectivity index (χ1v) is 9.05. The van der Waals surface area contributed by atoms with Crippen LogP contribution in [0, 0.1) is 12.7 Å². The van der Waals surface area contributed by atoms with Crippen LogP contribution in [0.4, 0.5) is 10.2 Å². The third kappa shape index (κ3) is 3.24. The second-order valence-corrected chi connectivity index (χ2v) is 6.89. The summed E-state index contributed by atoms with van der Waals surface area (Å²) in [5.41, 5.74) is 2.44. The largest absolute Gasteiger partial charge is 0.303 e. The molecule has 0 saturated carbocycles. The van der Waals surface area contributed by atoms with Gasteiger partial charge in [-0.25, -0.2) is 9.37 Å². The number of anilines is 1. The summed E-state index contributed by atoms with van der Waals surface area (Å²) >= 11 is 1.40. The van der Waals surface area contributed by atoms with Gasteiger partial charge in [0.1, 0.15) is 17.3 Å². The Kier molecular flexibility index (Phi) is 4.29. The normalized spacial score (nSPS) is 10.9. The molecule has 134 valence electrons. The first-order valence-electron chi connectivity index (χ1n) is 8.17. The van der Waals surface area contributed by atoms with Gasteiger partial charge in [0.25, 0.3) is 11.7 Å². The van der Waals surface area contributed by atoms with Crippen molar-refractivity contribution in [3.05, 3.63) is 77.1 Å². The maximum atomic E-state index is 13.2. The summed E-state index contributed by atoms with van der Waals surface area (Å²) in [4.78, 5) is 30.2. The van der Waals surface area contributed by atoms with Crippen molar-refractivity contribution in [2.45, 2.75) is 6.92 Å². The van der Waals surface area contributed by atoms with E-state index in [9.17, 15) is 14.0 Å². The predicted octanol–water partition coefficient (Wildman–Crippen LogP) is 4.33. The van der Waals surface area contributed by atoms with Gasteiger partial charge < -0.3 is 5.32 Å². The van der Waals surface area contributed by atoms with Crippen molar-refractivity contribution in [2.75, 3.05) is 5.32 Å². The minimum absolute atomic E-state index is 0.313. The molecule has 2 heterocycles. The van der Waals surface area contributed by atoms with Crippen LogP contribution in [-0.4, -0.2) is 21.1 Å². The second-order valence-electron chi connectivity index (χ2n) is 6.02. The van der Waals surface area contributed by atoms with E-state index in [0.29, 0.717) is 27.6 Å². The third-order valence-electron chi connectivity index (χ3n) is 4.13. The Morgan fingerprint density at radius 1 is 1.07 bits per heavy atom. The molecule has 0 fully saturated rings. The molecule has 4 aromatic rings. The summed E-state index contributed by atoms with van der Waals surface area (Å²) in [5, 5.41) is 4.50. The lowest BCUT2D eigenvalue weighted by Crippen LogP contribution is -2.23. The number of benzene rings is 2. The van der Waals surface area contributed by atoms with Gasteiger partial charge in [0, 0.05) is 22.7 Å². The van der Waals surface area contributed by atoms with Crippen LogP contribution in [0.3, 0.4) is 0 Å². The molecular formula is C20H14FN3O2S. The number of thiazole rings is 1. The van der Waals surface area contributed by atoms with E-state index in [2.05, 4.69) is 10.3 Å². The lowest BCUT2D eigenvalue weighted by Gasteiger charge is -2.07. The number of halogens is 1. The van der Waals surface area contributed by atoms with Crippen molar-refractivity contribution in [2.24, 2.45) is 0 Å². The molecule has 0 aliphatic heterocycles.